The van der Waals surface area contributed by atoms with Gasteiger partial charge >= 0.3 is 5.97 Å². The lowest BCUT2D eigenvalue weighted by Gasteiger charge is -2.16. The number of benzene rings is 2. The zero-order valence-corrected chi connectivity index (χ0v) is 13.7. The summed E-state index contributed by atoms with van der Waals surface area (Å²) >= 11 is 1.37. The molecule has 0 spiro atoms. The van der Waals surface area contributed by atoms with Gasteiger partial charge in [-0.2, -0.15) is 0 Å². The van der Waals surface area contributed by atoms with E-state index in [1.807, 2.05) is 0 Å². The molecule has 0 aliphatic carbocycles. The topological polar surface area (TPSA) is 84.5 Å². The Labute approximate surface area is 146 Å². The van der Waals surface area contributed by atoms with Gasteiger partial charge in [-0.15, -0.1) is 11.8 Å². The lowest BCUT2D eigenvalue weighted by Crippen LogP contribution is -2.22. The van der Waals surface area contributed by atoms with Crippen LogP contribution in [0.3, 0.4) is 0 Å². The Kier molecular flexibility index (Phi) is 4.99. The van der Waals surface area contributed by atoms with Crippen LogP contribution in [0.5, 0.6) is 0 Å². The van der Waals surface area contributed by atoms with Crippen LogP contribution in [0, 0.1) is 5.82 Å². The van der Waals surface area contributed by atoms with Gasteiger partial charge in [0.15, 0.2) is 6.61 Å². The predicted octanol–water partition coefficient (Wildman–Crippen LogP) is 2.67. The number of thioether (sulfide) groups is 1. The second-order valence-corrected chi connectivity index (χ2v) is 6.17. The van der Waals surface area contributed by atoms with Gasteiger partial charge in [-0.05, 0) is 30.3 Å². The summed E-state index contributed by atoms with van der Waals surface area (Å²) < 4.78 is 18.4. The smallest absolute Gasteiger partial charge is 0.338 e. The maximum absolute atomic E-state index is 13.4. The average Bonchev–Trinajstić information content (AvgIpc) is 2.61. The molecule has 8 heteroatoms. The summed E-state index contributed by atoms with van der Waals surface area (Å²) in [6.07, 6.45) is 0. The van der Waals surface area contributed by atoms with Gasteiger partial charge in [0, 0.05) is 4.90 Å². The van der Waals surface area contributed by atoms with E-state index in [4.69, 9.17) is 4.74 Å². The van der Waals surface area contributed by atoms with Crippen molar-refractivity contribution >= 4 is 40.9 Å². The van der Waals surface area contributed by atoms with Crippen molar-refractivity contribution < 1.29 is 23.5 Å². The van der Waals surface area contributed by atoms with E-state index in [9.17, 15) is 18.8 Å². The predicted molar refractivity (Wildman–Crippen MR) is 91.1 cm³/mol. The van der Waals surface area contributed by atoms with Gasteiger partial charge in [-0.1, -0.05) is 12.1 Å². The second-order valence-electron chi connectivity index (χ2n) is 5.15. The van der Waals surface area contributed by atoms with Gasteiger partial charge in [0.25, 0.3) is 5.91 Å². The van der Waals surface area contributed by atoms with Crippen molar-refractivity contribution in [2.45, 2.75) is 4.90 Å². The number of ether oxygens (including phenoxy) is 1. The van der Waals surface area contributed by atoms with E-state index in [1.54, 1.807) is 18.2 Å². The molecule has 2 N–H and O–H groups in total. The molecular weight excluding hydrogens is 347 g/mol. The monoisotopic (exact) mass is 360 g/mol. The number of anilines is 2. The Balaban J connectivity index is 1.59. The molecule has 128 valence electrons. The van der Waals surface area contributed by atoms with Crippen molar-refractivity contribution in [1.82, 2.24) is 0 Å². The molecule has 6 nitrogen and oxygen atoms in total. The third kappa shape index (κ3) is 4.16. The number of carbonyl (C=O) groups is 3. The fraction of sp³-hybridized carbons (Fsp3) is 0.118. The molecule has 0 aromatic heterocycles. The number of rotatable bonds is 4. The Morgan fingerprint density at radius 2 is 2.04 bits per heavy atom. The van der Waals surface area contributed by atoms with Gasteiger partial charge < -0.3 is 15.4 Å². The highest BCUT2D eigenvalue weighted by Crippen LogP contribution is 2.32. The summed E-state index contributed by atoms with van der Waals surface area (Å²) in [6, 6.07) is 10.4. The minimum atomic E-state index is -0.712. The molecule has 0 bridgehead atoms. The molecule has 25 heavy (non-hydrogen) atoms. The number of amides is 2. The molecule has 0 radical (unpaired) electrons. The molecule has 2 aromatic carbocycles. The van der Waals surface area contributed by atoms with Crippen molar-refractivity contribution in [2.24, 2.45) is 0 Å². The fourth-order valence-electron chi connectivity index (χ4n) is 2.17. The average molecular weight is 360 g/mol. The molecular formula is C17H13FN2O4S. The third-order valence-electron chi connectivity index (χ3n) is 3.33. The Bertz CT molecular complexity index is 856. The number of nitrogens with one attached hydrogen (secondary N) is 2. The lowest BCUT2D eigenvalue weighted by molar-refractivity contribution is -0.119. The summed E-state index contributed by atoms with van der Waals surface area (Å²) in [5.41, 5.74) is 0.754. The van der Waals surface area contributed by atoms with E-state index in [1.165, 1.54) is 36.0 Å². The SMILES string of the molecule is O=C(COC(=O)c1ccc2c(c1)NC(=O)CS2)Nc1ccccc1F. The van der Waals surface area contributed by atoms with Crippen LogP contribution < -0.4 is 10.6 Å². The summed E-state index contributed by atoms with van der Waals surface area (Å²) in [6.45, 7) is -0.550. The first-order valence-corrected chi connectivity index (χ1v) is 8.30. The van der Waals surface area contributed by atoms with Crippen LogP contribution in [0.25, 0.3) is 0 Å². The quantitative estimate of drug-likeness (QED) is 0.819. The van der Waals surface area contributed by atoms with Crippen LogP contribution in [0.2, 0.25) is 0 Å². The lowest BCUT2D eigenvalue weighted by atomic mass is 10.2. The number of halogens is 1. The standard InChI is InChI=1S/C17H13FN2O4S/c18-11-3-1-2-4-12(11)19-15(21)8-24-17(23)10-5-6-14-13(7-10)20-16(22)9-25-14/h1-7H,8-9H2,(H,19,21)(H,20,22). The molecule has 0 atom stereocenters. The Morgan fingerprint density at radius 1 is 1.24 bits per heavy atom. The zero-order valence-electron chi connectivity index (χ0n) is 12.9. The minimum absolute atomic E-state index is 0.0112. The molecule has 0 saturated carbocycles. The van der Waals surface area contributed by atoms with Crippen LogP contribution >= 0.6 is 11.8 Å². The highest BCUT2D eigenvalue weighted by atomic mass is 32.2. The van der Waals surface area contributed by atoms with Crippen LogP contribution in [0.1, 0.15) is 10.4 Å². The molecule has 0 saturated heterocycles. The maximum Gasteiger partial charge on any atom is 0.338 e. The van der Waals surface area contributed by atoms with E-state index < -0.39 is 24.3 Å². The molecule has 1 aliphatic heterocycles. The minimum Gasteiger partial charge on any atom is -0.452 e. The van der Waals surface area contributed by atoms with Crippen molar-refractivity contribution in [1.29, 1.82) is 0 Å². The number of fused-ring (bicyclic) bond motifs is 1. The number of hydrogen-bond acceptors (Lipinski definition) is 5. The van der Waals surface area contributed by atoms with E-state index >= 15 is 0 Å². The number of carbonyl (C=O) groups excluding carboxylic acids is 3. The van der Waals surface area contributed by atoms with Gasteiger partial charge in [-0.3, -0.25) is 9.59 Å². The highest BCUT2D eigenvalue weighted by Gasteiger charge is 2.18. The first kappa shape index (κ1) is 17.0. The van der Waals surface area contributed by atoms with E-state index in [0.29, 0.717) is 11.4 Å². The van der Waals surface area contributed by atoms with Crippen LogP contribution in [0.4, 0.5) is 15.8 Å². The van der Waals surface area contributed by atoms with E-state index in [2.05, 4.69) is 10.6 Å². The summed E-state index contributed by atoms with van der Waals surface area (Å²) in [5, 5.41) is 4.99. The molecule has 1 aliphatic rings. The van der Waals surface area contributed by atoms with E-state index in [-0.39, 0.29) is 17.2 Å². The normalized spacial score (nSPS) is 12.8. The van der Waals surface area contributed by atoms with Crippen molar-refractivity contribution in [3.05, 3.63) is 53.8 Å². The Hall–Kier alpha value is -2.87. The molecule has 0 fully saturated rings. The fourth-order valence-corrected chi connectivity index (χ4v) is 2.96. The van der Waals surface area contributed by atoms with Gasteiger partial charge in [-0.25, -0.2) is 9.18 Å². The molecule has 2 amide bonds. The van der Waals surface area contributed by atoms with Crippen molar-refractivity contribution in [3.63, 3.8) is 0 Å². The molecule has 0 unspecified atom stereocenters. The van der Waals surface area contributed by atoms with E-state index in [0.717, 1.165) is 4.90 Å². The van der Waals surface area contributed by atoms with Gasteiger partial charge in [0.1, 0.15) is 5.82 Å². The first-order valence-electron chi connectivity index (χ1n) is 7.31. The first-order chi connectivity index (χ1) is 12.0. The molecule has 2 aromatic rings. The van der Waals surface area contributed by atoms with Crippen LogP contribution in [-0.4, -0.2) is 30.1 Å². The summed E-state index contributed by atoms with van der Waals surface area (Å²) in [7, 11) is 0. The number of hydrogen-bond donors (Lipinski definition) is 2. The van der Waals surface area contributed by atoms with Gasteiger partial charge in [0.2, 0.25) is 5.91 Å². The molecule has 1 heterocycles. The third-order valence-corrected chi connectivity index (χ3v) is 4.40. The summed E-state index contributed by atoms with van der Waals surface area (Å²) in [4.78, 5) is 36.0. The largest absolute Gasteiger partial charge is 0.452 e. The Morgan fingerprint density at radius 3 is 2.84 bits per heavy atom. The number of para-hydroxylation sites is 1. The van der Waals surface area contributed by atoms with Crippen LogP contribution in [-0.2, 0) is 14.3 Å². The second kappa shape index (κ2) is 7.35. The zero-order chi connectivity index (χ0) is 17.8. The number of esters is 1. The molecule has 3 rings (SSSR count). The maximum atomic E-state index is 13.4. The summed E-state index contributed by atoms with van der Waals surface area (Å²) in [5.74, 6) is -1.76. The van der Waals surface area contributed by atoms with Crippen molar-refractivity contribution in [3.8, 4) is 0 Å². The highest BCUT2D eigenvalue weighted by molar-refractivity contribution is 8.00. The van der Waals surface area contributed by atoms with Crippen molar-refractivity contribution in [2.75, 3.05) is 23.0 Å². The van der Waals surface area contributed by atoms with Crippen LogP contribution in [0.15, 0.2) is 47.4 Å². The van der Waals surface area contributed by atoms with Gasteiger partial charge in [0.05, 0.1) is 22.7 Å².